The summed E-state index contributed by atoms with van der Waals surface area (Å²) in [7, 11) is -1.75. The predicted molar refractivity (Wildman–Crippen MR) is 93.4 cm³/mol. The van der Waals surface area contributed by atoms with Crippen LogP contribution in [0.15, 0.2) is 24.3 Å². The molecule has 134 valence electrons. The van der Waals surface area contributed by atoms with Gasteiger partial charge < -0.3 is 15.3 Å². The fraction of sp³-hybridized carbons (Fsp3) is 0.562. The zero-order chi connectivity index (χ0) is 17.7. The first-order valence-electron chi connectivity index (χ1n) is 7.95. The highest BCUT2D eigenvalue weighted by molar-refractivity contribution is 7.92. The first-order chi connectivity index (χ1) is 11.3. The minimum absolute atomic E-state index is 0.0683. The molecule has 1 aromatic rings. The van der Waals surface area contributed by atoms with Crippen molar-refractivity contribution >= 4 is 21.6 Å². The van der Waals surface area contributed by atoms with Gasteiger partial charge in [0.2, 0.25) is 15.9 Å². The van der Waals surface area contributed by atoms with Crippen molar-refractivity contribution in [3.8, 4) is 0 Å². The average molecular weight is 355 g/mol. The van der Waals surface area contributed by atoms with Crippen LogP contribution in [0.3, 0.4) is 0 Å². The van der Waals surface area contributed by atoms with Crippen LogP contribution < -0.4 is 10.0 Å². The molecule has 0 aliphatic carbocycles. The van der Waals surface area contributed by atoms with Gasteiger partial charge >= 0.3 is 0 Å². The molecule has 24 heavy (non-hydrogen) atoms. The summed E-state index contributed by atoms with van der Waals surface area (Å²) in [5.74, 6) is -0.141. The van der Waals surface area contributed by atoms with E-state index >= 15 is 0 Å². The molecule has 0 radical (unpaired) electrons. The normalized spacial score (nSPS) is 19.9. The third-order valence-corrected chi connectivity index (χ3v) is 4.70. The monoisotopic (exact) mass is 355 g/mol. The topological polar surface area (TPSA) is 98.7 Å². The highest BCUT2D eigenvalue weighted by Crippen LogP contribution is 2.26. The lowest BCUT2D eigenvalue weighted by Gasteiger charge is -2.24. The van der Waals surface area contributed by atoms with Gasteiger partial charge in [-0.25, -0.2) is 8.42 Å². The van der Waals surface area contributed by atoms with Crippen molar-refractivity contribution < 1.29 is 18.3 Å². The summed E-state index contributed by atoms with van der Waals surface area (Å²) in [6.45, 7) is 2.05. The number of benzene rings is 1. The van der Waals surface area contributed by atoms with Crippen LogP contribution in [0, 0.1) is 0 Å². The lowest BCUT2D eigenvalue weighted by atomic mass is 9.94. The lowest BCUT2D eigenvalue weighted by molar-refractivity contribution is -0.121. The van der Waals surface area contributed by atoms with Gasteiger partial charge in [0.15, 0.2) is 0 Å². The molecule has 0 saturated carbocycles. The molecule has 0 bridgehead atoms. The van der Waals surface area contributed by atoms with E-state index < -0.39 is 10.0 Å². The Morgan fingerprint density at radius 2 is 2.21 bits per heavy atom. The average Bonchev–Trinajstić information content (AvgIpc) is 2.90. The number of rotatable bonds is 7. The third-order valence-electron chi connectivity index (χ3n) is 4.10. The van der Waals surface area contributed by atoms with E-state index in [0.717, 1.165) is 24.8 Å². The minimum Gasteiger partial charge on any atom is -0.392 e. The number of hydrogen-bond donors (Lipinski definition) is 3. The second-order valence-electron chi connectivity index (χ2n) is 6.28. The van der Waals surface area contributed by atoms with E-state index in [9.17, 15) is 18.3 Å². The van der Waals surface area contributed by atoms with Crippen molar-refractivity contribution in [1.82, 2.24) is 10.2 Å². The molecule has 1 aliphatic rings. The van der Waals surface area contributed by atoms with Crippen LogP contribution in [0.5, 0.6) is 0 Å². The number of nitrogens with one attached hydrogen (secondary N) is 2. The highest BCUT2D eigenvalue weighted by Gasteiger charge is 2.25. The van der Waals surface area contributed by atoms with Crippen molar-refractivity contribution in [2.75, 3.05) is 37.7 Å². The third kappa shape index (κ3) is 5.77. The van der Waals surface area contributed by atoms with Crippen molar-refractivity contribution in [1.29, 1.82) is 0 Å². The van der Waals surface area contributed by atoms with Crippen molar-refractivity contribution in [2.24, 2.45) is 0 Å². The van der Waals surface area contributed by atoms with E-state index in [4.69, 9.17) is 0 Å². The van der Waals surface area contributed by atoms with Crippen molar-refractivity contribution in [2.45, 2.75) is 24.9 Å². The number of amides is 1. The number of β-amino-alcohol motifs (C(OH)–C–C–N with tert-alkyl or cyclic N) is 1. The van der Waals surface area contributed by atoms with E-state index in [1.165, 1.54) is 0 Å². The summed E-state index contributed by atoms with van der Waals surface area (Å²) < 4.78 is 25.3. The van der Waals surface area contributed by atoms with Gasteiger partial charge in [-0.1, -0.05) is 12.1 Å². The predicted octanol–water partition coefficient (Wildman–Crippen LogP) is 0.344. The van der Waals surface area contributed by atoms with Crippen LogP contribution >= 0.6 is 0 Å². The second kappa shape index (κ2) is 7.96. The Morgan fingerprint density at radius 1 is 1.46 bits per heavy atom. The maximum atomic E-state index is 11.9. The highest BCUT2D eigenvalue weighted by atomic mass is 32.2. The Hall–Kier alpha value is -1.64. The number of likely N-dealkylation sites (tertiary alicyclic amines) is 1. The van der Waals surface area contributed by atoms with Crippen LogP contribution in [0.4, 0.5) is 5.69 Å². The summed E-state index contributed by atoms with van der Waals surface area (Å²) in [5.41, 5.74) is 1.38. The van der Waals surface area contributed by atoms with E-state index in [0.29, 0.717) is 25.2 Å². The van der Waals surface area contributed by atoms with E-state index in [1.54, 1.807) is 25.2 Å². The molecule has 0 spiro atoms. The Labute approximate surface area is 143 Å². The quantitative estimate of drug-likeness (QED) is 0.655. The first kappa shape index (κ1) is 18.7. The zero-order valence-corrected chi connectivity index (χ0v) is 14.8. The van der Waals surface area contributed by atoms with Gasteiger partial charge in [0.05, 0.1) is 12.4 Å². The molecule has 0 aromatic heterocycles. The van der Waals surface area contributed by atoms with Crippen LogP contribution in [0.25, 0.3) is 0 Å². The largest absolute Gasteiger partial charge is 0.392 e. The number of nitrogens with zero attached hydrogens (tertiary/aromatic N) is 1. The Morgan fingerprint density at radius 3 is 2.79 bits per heavy atom. The van der Waals surface area contributed by atoms with Gasteiger partial charge in [-0.3, -0.25) is 9.52 Å². The van der Waals surface area contributed by atoms with E-state index in [1.807, 2.05) is 6.07 Å². The molecule has 7 nitrogen and oxygen atoms in total. The molecule has 8 heteroatoms. The number of carbonyl (C=O) groups is 1. The van der Waals surface area contributed by atoms with Gasteiger partial charge in [0, 0.05) is 44.7 Å². The summed E-state index contributed by atoms with van der Waals surface area (Å²) >= 11 is 0. The Kier molecular flexibility index (Phi) is 6.20. The number of sulfonamides is 1. The van der Waals surface area contributed by atoms with Crippen molar-refractivity contribution in [3.63, 3.8) is 0 Å². The fourth-order valence-electron chi connectivity index (χ4n) is 2.97. The smallest absolute Gasteiger partial charge is 0.229 e. The molecule has 1 heterocycles. The van der Waals surface area contributed by atoms with Crippen LogP contribution in [0.2, 0.25) is 0 Å². The summed E-state index contributed by atoms with van der Waals surface area (Å²) in [4.78, 5) is 14.0. The Balaban J connectivity index is 2.18. The molecule has 1 aromatic carbocycles. The van der Waals surface area contributed by atoms with Gasteiger partial charge in [-0.15, -0.1) is 0 Å². The number of anilines is 1. The number of carbonyl (C=O) groups excluding carboxylic acids is 1. The maximum absolute atomic E-state index is 11.9. The summed E-state index contributed by atoms with van der Waals surface area (Å²) in [6.07, 6.45) is 1.84. The molecule has 3 N–H and O–H groups in total. The van der Waals surface area contributed by atoms with Crippen LogP contribution in [-0.4, -0.2) is 63.4 Å². The van der Waals surface area contributed by atoms with Crippen LogP contribution in [-0.2, 0) is 14.8 Å². The van der Waals surface area contributed by atoms with Crippen LogP contribution in [0.1, 0.15) is 24.3 Å². The van der Waals surface area contributed by atoms with Gasteiger partial charge in [0.25, 0.3) is 0 Å². The lowest BCUT2D eigenvalue weighted by Crippen LogP contribution is -2.30. The molecular formula is C16H25N3O4S. The Bertz CT molecular complexity index is 678. The summed E-state index contributed by atoms with van der Waals surface area (Å²) in [5, 5.41) is 12.3. The van der Waals surface area contributed by atoms with Gasteiger partial charge in [0.1, 0.15) is 0 Å². The molecule has 2 atom stereocenters. The standard InChI is InChI=1S/C16H25N3O4S/c1-17-16(21)9-13(10-19-7-6-15(20)11-19)12-4-3-5-14(8-12)18-24(2,22)23/h3-5,8,13,15,18,20H,6-7,9-11H2,1-2H3,(H,17,21)/t13-,15+/m1/s1. The SMILES string of the molecule is CNC(=O)C[C@H](CN1CC[C@H](O)C1)c1cccc(NS(C)(=O)=O)c1. The number of aliphatic hydroxyl groups is 1. The van der Waals surface area contributed by atoms with E-state index in [2.05, 4.69) is 14.9 Å². The van der Waals surface area contributed by atoms with Gasteiger partial charge in [-0.2, -0.15) is 0 Å². The minimum atomic E-state index is -3.35. The maximum Gasteiger partial charge on any atom is 0.229 e. The molecule has 1 saturated heterocycles. The number of aliphatic hydroxyl groups excluding tert-OH is 1. The second-order valence-corrected chi connectivity index (χ2v) is 8.02. The number of hydrogen-bond acceptors (Lipinski definition) is 5. The van der Waals surface area contributed by atoms with Gasteiger partial charge in [-0.05, 0) is 24.1 Å². The zero-order valence-electron chi connectivity index (χ0n) is 14.0. The molecule has 1 amide bonds. The molecular weight excluding hydrogens is 330 g/mol. The molecule has 0 unspecified atom stereocenters. The molecule has 2 rings (SSSR count). The molecule has 1 fully saturated rings. The van der Waals surface area contributed by atoms with Crippen molar-refractivity contribution in [3.05, 3.63) is 29.8 Å². The first-order valence-corrected chi connectivity index (χ1v) is 9.84. The summed E-state index contributed by atoms with van der Waals surface area (Å²) in [6, 6.07) is 7.12. The fourth-order valence-corrected chi connectivity index (χ4v) is 3.53. The molecule has 1 aliphatic heterocycles. The van der Waals surface area contributed by atoms with E-state index in [-0.39, 0.29) is 17.9 Å².